The van der Waals surface area contributed by atoms with Crippen molar-refractivity contribution in [3.8, 4) is 0 Å². The van der Waals surface area contributed by atoms with Crippen LogP contribution in [0.5, 0.6) is 0 Å². The van der Waals surface area contributed by atoms with Gasteiger partial charge in [-0.05, 0) is 43.5 Å². The van der Waals surface area contributed by atoms with Crippen molar-refractivity contribution in [2.24, 2.45) is 0 Å². The summed E-state index contributed by atoms with van der Waals surface area (Å²) in [4.78, 5) is 4.62. The highest BCUT2D eigenvalue weighted by molar-refractivity contribution is 6.32. The van der Waals surface area contributed by atoms with Gasteiger partial charge in [-0.1, -0.05) is 17.7 Å². The third-order valence-electron chi connectivity index (χ3n) is 2.98. The molecule has 82 valence electrons. The van der Waals surface area contributed by atoms with E-state index < -0.39 is 0 Å². The van der Waals surface area contributed by atoms with Crippen LogP contribution in [0.4, 0.5) is 5.82 Å². The lowest BCUT2D eigenvalue weighted by molar-refractivity contribution is 1.12. The van der Waals surface area contributed by atoms with Crippen molar-refractivity contribution in [2.75, 3.05) is 5.32 Å². The average Bonchev–Trinajstić information content (AvgIpc) is 3.08. The Labute approximate surface area is 99.6 Å². The molecule has 1 fully saturated rings. The molecule has 0 aliphatic heterocycles. The summed E-state index contributed by atoms with van der Waals surface area (Å²) >= 11 is 6.10. The highest BCUT2D eigenvalue weighted by atomic mass is 35.5. The molecule has 1 aromatic carbocycles. The molecule has 1 heterocycles. The molecule has 0 unspecified atom stereocenters. The van der Waals surface area contributed by atoms with Gasteiger partial charge >= 0.3 is 0 Å². The Morgan fingerprint density at radius 3 is 2.75 bits per heavy atom. The number of nitrogens with zero attached hydrogens (tertiary/aromatic N) is 1. The first kappa shape index (κ1) is 9.91. The first-order valence-corrected chi connectivity index (χ1v) is 5.94. The van der Waals surface area contributed by atoms with Crippen LogP contribution in [0.2, 0.25) is 5.02 Å². The number of anilines is 1. The first-order chi connectivity index (χ1) is 7.74. The van der Waals surface area contributed by atoms with E-state index in [2.05, 4.69) is 16.4 Å². The summed E-state index contributed by atoms with van der Waals surface area (Å²) in [6.07, 6.45) is 2.52. The number of rotatable bonds is 2. The molecule has 3 heteroatoms. The van der Waals surface area contributed by atoms with Crippen LogP contribution in [-0.4, -0.2) is 11.0 Å². The van der Waals surface area contributed by atoms with E-state index in [1.165, 1.54) is 12.8 Å². The minimum absolute atomic E-state index is 0.629. The number of hydrogen-bond donors (Lipinski definition) is 1. The van der Waals surface area contributed by atoms with Crippen molar-refractivity contribution in [3.05, 3.63) is 34.9 Å². The molecule has 0 amide bonds. The van der Waals surface area contributed by atoms with Crippen LogP contribution >= 0.6 is 11.6 Å². The largest absolute Gasteiger partial charge is 0.367 e. The second-order valence-corrected chi connectivity index (χ2v) is 4.77. The molecule has 16 heavy (non-hydrogen) atoms. The standard InChI is InChI=1S/C13H13ClN2/c1-8-11(14)6-2-9-3-7-12(16-13(8)9)15-10-4-5-10/h2-3,6-7,10H,4-5H2,1H3,(H,15,16). The van der Waals surface area contributed by atoms with Crippen molar-refractivity contribution >= 4 is 28.3 Å². The van der Waals surface area contributed by atoms with Crippen LogP contribution in [0.3, 0.4) is 0 Å². The van der Waals surface area contributed by atoms with Crippen LogP contribution < -0.4 is 5.32 Å². The van der Waals surface area contributed by atoms with Crippen LogP contribution in [-0.2, 0) is 0 Å². The van der Waals surface area contributed by atoms with Gasteiger partial charge < -0.3 is 5.32 Å². The highest BCUT2D eigenvalue weighted by Crippen LogP contribution is 2.27. The molecule has 1 N–H and O–H groups in total. The monoisotopic (exact) mass is 232 g/mol. The van der Waals surface area contributed by atoms with Crippen molar-refractivity contribution in [3.63, 3.8) is 0 Å². The fourth-order valence-electron chi connectivity index (χ4n) is 1.82. The maximum absolute atomic E-state index is 6.10. The van der Waals surface area contributed by atoms with Gasteiger partial charge in [0, 0.05) is 16.5 Å². The van der Waals surface area contributed by atoms with Crippen LogP contribution in [0, 0.1) is 6.92 Å². The molecular weight excluding hydrogens is 220 g/mol. The zero-order valence-electron chi connectivity index (χ0n) is 9.13. The number of halogens is 1. The number of aromatic nitrogens is 1. The van der Waals surface area contributed by atoms with Crippen LogP contribution in [0.1, 0.15) is 18.4 Å². The topological polar surface area (TPSA) is 24.9 Å². The maximum atomic E-state index is 6.10. The van der Waals surface area contributed by atoms with Gasteiger partial charge in [0.05, 0.1) is 5.52 Å². The van der Waals surface area contributed by atoms with Gasteiger partial charge in [0.25, 0.3) is 0 Å². The SMILES string of the molecule is Cc1c(Cl)ccc2ccc(NC3CC3)nc12. The van der Waals surface area contributed by atoms with Crippen molar-refractivity contribution in [1.29, 1.82) is 0 Å². The Morgan fingerprint density at radius 1 is 1.25 bits per heavy atom. The molecule has 0 spiro atoms. The average molecular weight is 233 g/mol. The summed E-state index contributed by atoms with van der Waals surface area (Å²) in [5.41, 5.74) is 2.05. The van der Waals surface area contributed by atoms with Crippen LogP contribution in [0.25, 0.3) is 10.9 Å². The summed E-state index contributed by atoms with van der Waals surface area (Å²) in [6.45, 7) is 2.01. The summed E-state index contributed by atoms with van der Waals surface area (Å²) < 4.78 is 0. The summed E-state index contributed by atoms with van der Waals surface area (Å²) in [5, 5.41) is 5.32. The second-order valence-electron chi connectivity index (χ2n) is 4.36. The number of hydrogen-bond acceptors (Lipinski definition) is 2. The normalized spacial score (nSPS) is 15.4. The molecule has 2 aromatic rings. The van der Waals surface area contributed by atoms with Gasteiger partial charge in [0.15, 0.2) is 0 Å². The molecule has 0 saturated heterocycles. The number of fused-ring (bicyclic) bond motifs is 1. The molecule has 0 radical (unpaired) electrons. The van der Waals surface area contributed by atoms with Gasteiger partial charge in [-0.15, -0.1) is 0 Å². The fraction of sp³-hybridized carbons (Fsp3) is 0.308. The molecule has 2 nitrogen and oxygen atoms in total. The molecule has 0 atom stereocenters. The van der Waals surface area contributed by atoms with E-state index in [1.54, 1.807) is 0 Å². The van der Waals surface area contributed by atoms with E-state index >= 15 is 0 Å². The second kappa shape index (κ2) is 3.63. The molecule has 3 rings (SSSR count). The van der Waals surface area contributed by atoms with E-state index in [0.29, 0.717) is 6.04 Å². The van der Waals surface area contributed by atoms with Gasteiger partial charge in [0.1, 0.15) is 5.82 Å². The van der Waals surface area contributed by atoms with E-state index in [9.17, 15) is 0 Å². The predicted molar refractivity (Wildman–Crippen MR) is 68.1 cm³/mol. The zero-order chi connectivity index (χ0) is 11.1. The molecule has 1 aromatic heterocycles. The zero-order valence-corrected chi connectivity index (χ0v) is 9.88. The fourth-order valence-corrected chi connectivity index (χ4v) is 1.98. The maximum Gasteiger partial charge on any atom is 0.126 e. The molecule has 1 saturated carbocycles. The van der Waals surface area contributed by atoms with Crippen molar-refractivity contribution in [2.45, 2.75) is 25.8 Å². The van der Waals surface area contributed by atoms with E-state index in [0.717, 1.165) is 27.3 Å². The number of aryl methyl sites for hydroxylation is 1. The number of benzene rings is 1. The quantitative estimate of drug-likeness (QED) is 0.853. The third-order valence-corrected chi connectivity index (χ3v) is 3.39. The van der Waals surface area contributed by atoms with Gasteiger partial charge in [0.2, 0.25) is 0 Å². The minimum atomic E-state index is 0.629. The lowest BCUT2D eigenvalue weighted by atomic mass is 10.1. The van der Waals surface area contributed by atoms with Gasteiger partial charge in [-0.3, -0.25) is 0 Å². The number of pyridine rings is 1. The minimum Gasteiger partial charge on any atom is -0.367 e. The Morgan fingerprint density at radius 2 is 2.00 bits per heavy atom. The van der Waals surface area contributed by atoms with Crippen molar-refractivity contribution in [1.82, 2.24) is 4.98 Å². The first-order valence-electron chi connectivity index (χ1n) is 5.56. The van der Waals surface area contributed by atoms with E-state index in [1.807, 2.05) is 25.1 Å². The Kier molecular flexibility index (Phi) is 2.25. The summed E-state index contributed by atoms with van der Waals surface area (Å²) in [7, 11) is 0. The lowest BCUT2D eigenvalue weighted by Crippen LogP contribution is -2.02. The van der Waals surface area contributed by atoms with Gasteiger partial charge in [-0.2, -0.15) is 0 Å². The summed E-state index contributed by atoms with van der Waals surface area (Å²) in [5.74, 6) is 0.959. The van der Waals surface area contributed by atoms with Crippen LogP contribution in [0.15, 0.2) is 24.3 Å². The third kappa shape index (κ3) is 1.74. The van der Waals surface area contributed by atoms with Gasteiger partial charge in [-0.25, -0.2) is 4.98 Å². The van der Waals surface area contributed by atoms with E-state index in [4.69, 9.17) is 11.6 Å². The highest BCUT2D eigenvalue weighted by Gasteiger charge is 2.21. The smallest absolute Gasteiger partial charge is 0.126 e. The Hall–Kier alpha value is -1.28. The molecular formula is C13H13ClN2. The molecule has 1 aliphatic carbocycles. The lowest BCUT2D eigenvalue weighted by Gasteiger charge is -2.07. The molecule has 0 bridgehead atoms. The van der Waals surface area contributed by atoms with E-state index in [-0.39, 0.29) is 0 Å². The Balaban J connectivity index is 2.10. The molecule has 1 aliphatic rings. The predicted octanol–water partition coefficient (Wildman–Crippen LogP) is 3.77. The number of nitrogens with one attached hydrogen (secondary N) is 1. The Bertz CT molecular complexity index is 547. The van der Waals surface area contributed by atoms with Crippen molar-refractivity contribution < 1.29 is 0 Å². The summed E-state index contributed by atoms with van der Waals surface area (Å²) in [6, 6.07) is 8.70.